The molecule has 0 spiro atoms. The Balaban J connectivity index is 1.69. The molecule has 6 heteroatoms. The molecule has 2 aromatic rings. The van der Waals surface area contributed by atoms with Crippen LogP contribution in [0.25, 0.3) is 0 Å². The summed E-state index contributed by atoms with van der Waals surface area (Å²) < 4.78 is 10.3. The minimum atomic E-state index is -0.438. The molecule has 0 bridgehead atoms. The van der Waals surface area contributed by atoms with Gasteiger partial charge in [0.2, 0.25) is 0 Å². The van der Waals surface area contributed by atoms with Crippen LogP contribution in [0.3, 0.4) is 0 Å². The minimum Gasteiger partial charge on any atom is -0.469 e. The standard InChI is InChI=1S/C22H26N2O4/c1-15-5-8-17(9-6-15)24(3)22(26)28-18-10-11-19-16(7-12-21(25)27-4)14-23(2)20(19)13-18/h5-6,8-11,13,16H,7,12,14H2,1-4H3. The first-order valence-electron chi connectivity index (χ1n) is 9.33. The lowest BCUT2D eigenvalue weighted by molar-refractivity contribution is -0.140. The highest BCUT2D eigenvalue weighted by Crippen LogP contribution is 2.40. The summed E-state index contributed by atoms with van der Waals surface area (Å²) in [6, 6.07) is 13.4. The summed E-state index contributed by atoms with van der Waals surface area (Å²) in [5.41, 5.74) is 4.10. The number of esters is 1. The smallest absolute Gasteiger partial charge is 0.419 e. The van der Waals surface area contributed by atoms with Gasteiger partial charge in [-0.3, -0.25) is 9.69 Å². The van der Waals surface area contributed by atoms with Crippen LogP contribution in [0, 0.1) is 6.92 Å². The van der Waals surface area contributed by atoms with Crippen LogP contribution in [0.15, 0.2) is 42.5 Å². The van der Waals surface area contributed by atoms with Crippen LogP contribution in [0.5, 0.6) is 5.75 Å². The van der Waals surface area contributed by atoms with E-state index in [1.807, 2.05) is 56.4 Å². The summed E-state index contributed by atoms with van der Waals surface area (Å²) >= 11 is 0. The van der Waals surface area contributed by atoms with E-state index in [4.69, 9.17) is 9.47 Å². The number of fused-ring (bicyclic) bond motifs is 1. The van der Waals surface area contributed by atoms with E-state index in [2.05, 4.69) is 4.90 Å². The van der Waals surface area contributed by atoms with Crippen molar-refractivity contribution in [1.29, 1.82) is 0 Å². The number of carbonyl (C=O) groups is 2. The van der Waals surface area contributed by atoms with Crippen molar-refractivity contribution in [2.75, 3.05) is 37.5 Å². The second-order valence-corrected chi connectivity index (χ2v) is 7.18. The fourth-order valence-corrected chi connectivity index (χ4v) is 3.47. The topological polar surface area (TPSA) is 59.1 Å². The van der Waals surface area contributed by atoms with Gasteiger partial charge in [-0.05, 0) is 37.1 Å². The van der Waals surface area contributed by atoms with Gasteiger partial charge in [-0.15, -0.1) is 0 Å². The van der Waals surface area contributed by atoms with E-state index >= 15 is 0 Å². The van der Waals surface area contributed by atoms with Crippen molar-refractivity contribution >= 4 is 23.4 Å². The first-order chi connectivity index (χ1) is 13.4. The molecule has 1 aliphatic rings. The summed E-state index contributed by atoms with van der Waals surface area (Å²) in [6.45, 7) is 2.83. The highest BCUT2D eigenvalue weighted by Gasteiger charge is 2.27. The van der Waals surface area contributed by atoms with Crippen molar-refractivity contribution in [3.63, 3.8) is 0 Å². The lowest BCUT2D eigenvalue weighted by Gasteiger charge is -2.18. The van der Waals surface area contributed by atoms with Crippen LogP contribution in [0.2, 0.25) is 0 Å². The second-order valence-electron chi connectivity index (χ2n) is 7.18. The average Bonchev–Trinajstić information content (AvgIpc) is 3.01. The maximum atomic E-state index is 12.5. The number of benzene rings is 2. The van der Waals surface area contributed by atoms with Crippen LogP contribution in [-0.2, 0) is 9.53 Å². The van der Waals surface area contributed by atoms with E-state index in [0.717, 1.165) is 35.5 Å². The summed E-state index contributed by atoms with van der Waals surface area (Å²) in [4.78, 5) is 27.5. The first-order valence-corrected chi connectivity index (χ1v) is 9.33. The molecule has 28 heavy (non-hydrogen) atoms. The Morgan fingerprint density at radius 3 is 2.57 bits per heavy atom. The van der Waals surface area contributed by atoms with Crippen molar-refractivity contribution < 1.29 is 19.1 Å². The molecule has 1 atom stereocenters. The molecule has 6 nitrogen and oxygen atoms in total. The molecular formula is C22H26N2O4. The average molecular weight is 382 g/mol. The number of carbonyl (C=O) groups excluding carboxylic acids is 2. The summed E-state index contributed by atoms with van der Waals surface area (Å²) in [6.07, 6.45) is 0.693. The molecule has 148 valence electrons. The molecule has 1 aliphatic heterocycles. The molecule has 1 unspecified atom stereocenters. The number of methoxy groups -OCH3 is 1. The van der Waals surface area contributed by atoms with Crippen molar-refractivity contribution in [3.05, 3.63) is 53.6 Å². The minimum absolute atomic E-state index is 0.194. The van der Waals surface area contributed by atoms with Gasteiger partial charge < -0.3 is 14.4 Å². The van der Waals surface area contributed by atoms with E-state index in [1.54, 1.807) is 7.05 Å². The van der Waals surface area contributed by atoms with E-state index in [0.29, 0.717) is 12.2 Å². The van der Waals surface area contributed by atoms with Crippen molar-refractivity contribution in [2.45, 2.75) is 25.7 Å². The Kier molecular flexibility index (Phi) is 5.87. The number of amides is 1. The monoisotopic (exact) mass is 382 g/mol. The maximum Gasteiger partial charge on any atom is 0.419 e. The van der Waals surface area contributed by atoms with Gasteiger partial charge in [-0.2, -0.15) is 0 Å². The Morgan fingerprint density at radius 2 is 1.89 bits per heavy atom. The van der Waals surface area contributed by atoms with Crippen LogP contribution in [-0.4, -0.2) is 39.8 Å². The number of hydrogen-bond acceptors (Lipinski definition) is 5. The first kappa shape index (κ1) is 19.7. The zero-order chi connectivity index (χ0) is 20.3. The third-order valence-electron chi connectivity index (χ3n) is 5.17. The molecule has 0 N–H and O–H groups in total. The SMILES string of the molecule is COC(=O)CCC1CN(C)c2cc(OC(=O)N(C)c3ccc(C)cc3)ccc21. The molecule has 1 amide bonds. The third kappa shape index (κ3) is 4.27. The van der Waals surface area contributed by atoms with Crippen LogP contribution in [0.4, 0.5) is 16.2 Å². The largest absolute Gasteiger partial charge is 0.469 e. The fraction of sp³-hybridized carbons (Fsp3) is 0.364. The number of aryl methyl sites for hydroxylation is 1. The normalized spacial score (nSPS) is 15.1. The molecule has 0 fully saturated rings. The number of ether oxygens (including phenoxy) is 2. The lowest BCUT2D eigenvalue weighted by atomic mass is 9.96. The zero-order valence-electron chi connectivity index (χ0n) is 16.8. The molecule has 0 aromatic heterocycles. The molecule has 0 saturated heterocycles. The fourth-order valence-electron chi connectivity index (χ4n) is 3.47. The van der Waals surface area contributed by atoms with Crippen LogP contribution >= 0.6 is 0 Å². The molecule has 0 saturated carbocycles. The summed E-state index contributed by atoms with van der Waals surface area (Å²) in [5, 5.41) is 0. The number of hydrogen-bond donors (Lipinski definition) is 0. The molecule has 0 aliphatic carbocycles. The Morgan fingerprint density at radius 1 is 1.18 bits per heavy atom. The van der Waals surface area contributed by atoms with Gasteiger partial charge >= 0.3 is 12.1 Å². The highest BCUT2D eigenvalue weighted by molar-refractivity contribution is 5.88. The van der Waals surface area contributed by atoms with Gasteiger partial charge in [0, 0.05) is 50.4 Å². The highest BCUT2D eigenvalue weighted by atomic mass is 16.6. The molecule has 0 radical (unpaired) electrons. The number of anilines is 2. The second kappa shape index (κ2) is 8.33. The van der Waals surface area contributed by atoms with E-state index in [-0.39, 0.29) is 11.9 Å². The molecule has 2 aromatic carbocycles. The summed E-state index contributed by atoms with van der Waals surface area (Å²) in [7, 11) is 5.10. The van der Waals surface area contributed by atoms with Crippen LogP contribution in [0.1, 0.15) is 29.9 Å². The number of nitrogens with zero attached hydrogens (tertiary/aromatic N) is 2. The van der Waals surface area contributed by atoms with E-state index < -0.39 is 6.09 Å². The number of likely N-dealkylation sites (N-methyl/N-ethyl adjacent to an activating group) is 1. The number of rotatable bonds is 5. The van der Waals surface area contributed by atoms with Crippen molar-refractivity contribution in [1.82, 2.24) is 0 Å². The third-order valence-corrected chi connectivity index (χ3v) is 5.17. The van der Waals surface area contributed by atoms with Gasteiger partial charge in [0.1, 0.15) is 5.75 Å². The molecule has 1 heterocycles. The predicted octanol–water partition coefficient (Wildman–Crippen LogP) is 4.12. The zero-order valence-corrected chi connectivity index (χ0v) is 16.8. The van der Waals surface area contributed by atoms with Crippen molar-refractivity contribution in [3.8, 4) is 5.75 Å². The Labute approximate surface area is 165 Å². The Hall–Kier alpha value is -3.02. The summed E-state index contributed by atoms with van der Waals surface area (Å²) in [5.74, 6) is 0.572. The van der Waals surface area contributed by atoms with Gasteiger partial charge in [-0.1, -0.05) is 23.8 Å². The van der Waals surface area contributed by atoms with E-state index in [9.17, 15) is 9.59 Å². The van der Waals surface area contributed by atoms with Crippen LogP contribution < -0.4 is 14.5 Å². The maximum absolute atomic E-state index is 12.5. The van der Waals surface area contributed by atoms with E-state index in [1.165, 1.54) is 12.0 Å². The van der Waals surface area contributed by atoms with Gasteiger partial charge in [0.25, 0.3) is 0 Å². The molecular weight excluding hydrogens is 356 g/mol. The van der Waals surface area contributed by atoms with Gasteiger partial charge in [-0.25, -0.2) is 4.79 Å². The lowest BCUT2D eigenvalue weighted by Crippen LogP contribution is -2.29. The van der Waals surface area contributed by atoms with Crippen molar-refractivity contribution in [2.24, 2.45) is 0 Å². The van der Waals surface area contributed by atoms with Gasteiger partial charge in [0.05, 0.1) is 7.11 Å². The molecule has 3 rings (SSSR count). The quantitative estimate of drug-likeness (QED) is 0.728. The van der Waals surface area contributed by atoms with Gasteiger partial charge in [0.15, 0.2) is 0 Å². The Bertz CT molecular complexity index is 863. The predicted molar refractivity (Wildman–Crippen MR) is 109 cm³/mol.